The van der Waals surface area contributed by atoms with E-state index in [2.05, 4.69) is 90.2 Å². The summed E-state index contributed by atoms with van der Waals surface area (Å²) >= 11 is 0. The number of anilines is 1. The lowest BCUT2D eigenvalue weighted by molar-refractivity contribution is 1.16. The summed E-state index contributed by atoms with van der Waals surface area (Å²) in [7, 11) is 0. The molecule has 0 spiro atoms. The lowest BCUT2D eigenvalue weighted by Gasteiger charge is -2.09. The molecule has 4 rings (SSSR count). The molecule has 0 radical (unpaired) electrons. The van der Waals surface area contributed by atoms with E-state index < -0.39 is 0 Å². The van der Waals surface area contributed by atoms with Crippen LogP contribution in [-0.4, -0.2) is 0 Å². The van der Waals surface area contributed by atoms with Gasteiger partial charge in [0, 0.05) is 12.2 Å². The van der Waals surface area contributed by atoms with Gasteiger partial charge in [0.25, 0.3) is 0 Å². The molecule has 0 atom stereocenters. The number of fused-ring (bicyclic) bond motifs is 2. The normalized spacial score (nSPS) is 10.9. The van der Waals surface area contributed by atoms with Crippen LogP contribution in [0.25, 0.3) is 21.5 Å². The van der Waals surface area contributed by atoms with Gasteiger partial charge in [-0.3, -0.25) is 0 Å². The zero-order valence-electron chi connectivity index (χ0n) is 12.3. The molecule has 0 aliphatic heterocycles. The predicted molar refractivity (Wildman–Crippen MR) is 95.2 cm³/mol. The summed E-state index contributed by atoms with van der Waals surface area (Å²) in [5, 5.41) is 8.64. The lowest BCUT2D eigenvalue weighted by atomic mass is 10.1. The third-order valence-electron chi connectivity index (χ3n) is 4.06. The molecule has 106 valence electrons. The highest BCUT2D eigenvalue weighted by molar-refractivity contribution is 5.86. The Morgan fingerprint density at radius 1 is 0.545 bits per heavy atom. The van der Waals surface area contributed by atoms with Gasteiger partial charge in [0.05, 0.1) is 0 Å². The third-order valence-corrected chi connectivity index (χ3v) is 4.06. The van der Waals surface area contributed by atoms with Gasteiger partial charge in [-0.1, -0.05) is 66.7 Å². The second kappa shape index (κ2) is 5.53. The first-order chi connectivity index (χ1) is 10.9. The van der Waals surface area contributed by atoms with Crippen LogP contribution in [0.15, 0.2) is 84.9 Å². The van der Waals surface area contributed by atoms with Crippen LogP contribution in [0.1, 0.15) is 5.56 Å². The molecule has 4 aromatic carbocycles. The second-order valence-electron chi connectivity index (χ2n) is 5.60. The van der Waals surface area contributed by atoms with Crippen molar-refractivity contribution in [1.82, 2.24) is 0 Å². The van der Waals surface area contributed by atoms with Crippen LogP contribution >= 0.6 is 0 Å². The van der Waals surface area contributed by atoms with Gasteiger partial charge >= 0.3 is 0 Å². The summed E-state index contributed by atoms with van der Waals surface area (Å²) < 4.78 is 0. The van der Waals surface area contributed by atoms with Gasteiger partial charge in [-0.25, -0.2) is 0 Å². The van der Waals surface area contributed by atoms with Gasteiger partial charge in [0.15, 0.2) is 0 Å². The van der Waals surface area contributed by atoms with Crippen molar-refractivity contribution in [3.8, 4) is 0 Å². The molecule has 0 saturated heterocycles. The Morgan fingerprint density at radius 3 is 1.86 bits per heavy atom. The van der Waals surface area contributed by atoms with E-state index in [4.69, 9.17) is 0 Å². The Hall–Kier alpha value is -2.80. The quantitative estimate of drug-likeness (QED) is 0.515. The molecule has 22 heavy (non-hydrogen) atoms. The van der Waals surface area contributed by atoms with Crippen molar-refractivity contribution >= 4 is 27.2 Å². The van der Waals surface area contributed by atoms with Crippen molar-refractivity contribution in [2.45, 2.75) is 6.54 Å². The van der Waals surface area contributed by atoms with E-state index in [-0.39, 0.29) is 0 Å². The van der Waals surface area contributed by atoms with Gasteiger partial charge in [-0.2, -0.15) is 0 Å². The fourth-order valence-corrected chi connectivity index (χ4v) is 2.85. The monoisotopic (exact) mass is 283 g/mol. The summed E-state index contributed by atoms with van der Waals surface area (Å²) in [5.74, 6) is 0. The highest BCUT2D eigenvalue weighted by Crippen LogP contribution is 2.20. The molecule has 0 bridgehead atoms. The Bertz CT molecular complexity index is 861. The number of nitrogens with one attached hydrogen (secondary N) is 1. The first kappa shape index (κ1) is 12.9. The van der Waals surface area contributed by atoms with Crippen molar-refractivity contribution in [1.29, 1.82) is 0 Å². The van der Waals surface area contributed by atoms with E-state index >= 15 is 0 Å². The third kappa shape index (κ3) is 2.53. The Labute approximate surface area is 130 Å². The first-order valence-electron chi connectivity index (χ1n) is 7.59. The van der Waals surface area contributed by atoms with Crippen LogP contribution in [0.3, 0.4) is 0 Å². The van der Waals surface area contributed by atoms with Gasteiger partial charge in [0.1, 0.15) is 0 Å². The van der Waals surface area contributed by atoms with E-state index in [9.17, 15) is 0 Å². The Balaban J connectivity index is 1.57. The highest BCUT2D eigenvalue weighted by Gasteiger charge is 1.98. The molecule has 0 unspecified atom stereocenters. The summed E-state index contributed by atoms with van der Waals surface area (Å²) in [4.78, 5) is 0. The maximum atomic E-state index is 3.52. The molecule has 0 fully saturated rings. The summed E-state index contributed by atoms with van der Waals surface area (Å²) in [6.45, 7) is 0.836. The minimum atomic E-state index is 0.836. The highest BCUT2D eigenvalue weighted by atomic mass is 14.9. The van der Waals surface area contributed by atoms with E-state index in [1.165, 1.54) is 27.1 Å². The molecule has 1 nitrogen and oxygen atoms in total. The fourth-order valence-electron chi connectivity index (χ4n) is 2.85. The van der Waals surface area contributed by atoms with E-state index in [0.29, 0.717) is 0 Å². The van der Waals surface area contributed by atoms with Gasteiger partial charge < -0.3 is 5.32 Å². The SMILES string of the molecule is c1ccc2cc(CNc3ccc4ccccc4c3)ccc2c1. The van der Waals surface area contributed by atoms with Crippen LogP contribution in [0.5, 0.6) is 0 Å². The predicted octanol–water partition coefficient (Wildman–Crippen LogP) is 5.61. The zero-order chi connectivity index (χ0) is 14.8. The maximum absolute atomic E-state index is 3.52. The molecular formula is C21H17N. The van der Waals surface area contributed by atoms with Crippen LogP contribution in [0.4, 0.5) is 5.69 Å². The number of hydrogen-bond donors (Lipinski definition) is 1. The molecule has 0 aliphatic carbocycles. The van der Waals surface area contributed by atoms with Crippen LogP contribution in [0, 0.1) is 0 Å². The molecule has 0 saturated carbocycles. The summed E-state index contributed by atoms with van der Waals surface area (Å²) in [5.41, 5.74) is 2.46. The van der Waals surface area contributed by atoms with Crippen LogP contribution < -0.4 is 5.32 Å². The fraction of sp³-hybridized carbons (Fsp3) is 0.0476. The van der Waals surface area contributed by atoms with Gasteiger partial charge in [-0.15, -0.1) is 0 Å². The van der Waals surface area contributed by atoms with E-state index in [1.54, 1.807) is 0 Å². The molecule has 0 aromatic heterocycles. The van der Waals surface area contributed by atoms with Crippen molar-refractivity contribution in [2.75, 3.05) is 5.32 Å². The Morgan fingerprint density at radius 2 is 1.14 bits per heavy atom. The van der Waals surface area contributed by atoms with Crippen LogP contribution in [0.2, 0.25) is 0 Å². The van der Waals surface area contributed by atoms with Crippen molar-refractivity contribution < 1.29 is 0 Å². The smallest absolute Gasteiger partial charge is 0.0401 e. The summed E-state index contributed by atoms with van der Waals surface area (Å²) in [6.07, 6.45) is 0. The lowest BCUT2D eigenvalue weighted by Crippen LogP contribution is -1.99. The number of rotatable bonds is 3. The van der Waals surface area contributed by atoms with Crippen molar-refractivity contribution in [2.24, 2.45) is 0 Å². The second-order valence-corrected chi connectivity index (χ2v) is 5.60. The average Bonchev–Trinajstić information content (AvgIpc) is 2.59. The largest absolute Gasteiger partial charge is 0.381 e. The topological polar surface area (TPSA) is 12.0 Å². The van der Waals surface area contributed by atoms with Crippen LogP contribution in [-0.2, 0) is 6.54 Å². The molecule has 0 aliphatic rings. The Kier molecular flexibility index (Phi) is 3.24. The standard InChI is InChI=1S/C21H17N/c1-3-7-19-13-16(9-10-17(19)5-1)15-22-21-12-11-18-6-2-4-8-20(18)14-21/h1-14,22H,15H2. The van der Waals surface area contributed by atoms with Gasteiger partial charge in [-0.05, 0) is 45.3 Å². The molecular weight excluding hydrogens is 266 g/mol. The first-order valence-corrected chi connectivity index (χ1v) is 7.59. The molecule has 0 amide bonds. The van der Waals surface area contributed by atoms with E-state index in [0.717, 1.165) is 12.2 Å². The summed E-state index contributed by atoms with van der Waals surface area (Å²) in [6, 6.07) is 30.1. The minimum Gasteiger partial charge on any atom is -0.381 e. The molecule has 4 aromatic rings. The van der Waals surface area contributed by atoms with E-state index in [1.807, 2.05) is 0 Å². The maximum Gasteiger partial charge on any atom is 0.0401 e. The van der Waals surface area contributed by atoms with Crippen molar-refractivity contribution in [3.05, 3.63) is 90.5 Å². The zero-order valence-corrected chi connectivity index (χ0v) is 12.3. The number of hydrogen-bond acceptors (Lipinski definition) is 1. The molecule has 1 N–H and O–H groups in total. The average molecular weight is 283 g/mol. The van der Waals surface area contributed by atoms with Gasteiger partial charge in [0.2, 0.25) is 0 Å². The minimum absolute atomic E-state index is 0.836. The number of benzene rings is 4. The van der Waals surface area contributed by atoms with Crippen molar-refractivity contribution in [3.63, 3.8) is 0 Å². The molecule has 1 heteroatoms. The molecule has 0 heterocycles.